The van der Waals surface area contributed by atoms with Gasteiger partial charge in [0.05, 0.1) is 6.16 Å². The first kappa shape index (κ1) is 15.2. The fourth-order valence-corrected chi connectivity index (χ4v) is 3.33. The second-order valence-corrected chi connectivity index (χ2v) is 7.68. The first-order valence-corrected chi connectivity index (χ1v) is 8.23. The Hall–Kier alpha value is 0.190. The first-order chi connectivity index (χ1) is 6.34. The van der Waals surface area contributed by atoms with E-state index >= 15 is 0 Å². The molecule has 0 bridgehead atoms. The van der Waals surface area contributed by atoms with E-state index in [0.29, 0.717) is 0 Å². The van der Waals surface area contributed by atoms with Gasteiger partial charge in [-0.1, -0.05) is 0 Å². The minimum Gasteiger partial charge on any atom is -0.324 e. The van der Waals surface area contributed by atoms with Crippen molar-refractivity contribution in [2.45, 2.75) is 0 Å². The Kier molecular flexibility index (Phi) is 4.65. The molecule has 15 heavy (non-hydrogen) atoms. The van der Waals surface area contributed by atoms with Gasteiger partial charge in [0.15, 0.2) is 0 Å². The number of allylic oxidation sites excluding steroid dienone is 1. The van der Waals surface area contributed by atoms with E-state index in [1.54, 1.807) is 0 Å². The Morgan fingerprint density at radius 1 is 0.867 bits per heavy atom. The monoisotopic (exact) mass is 282 g/mol. The highest BCUT2D eigenvalue weighted by molar-refractivity contribution is 7.77. The smallest absolute Gasteiger partial charge is 0.324 e. The van der Waals surface area contributed by atoms with Crippen molar-refractivity contribution in [1.29, 1.82) is 0 Å². The van der Waals surface area contributed by atoms with Crippen LogP contribution < -0.4 is 0 Å². The first-order valence-electron chi connectivity index (χ1n) is 3.21. The van der Waals surface area contributed by atoms with Gasteiger partial charge in [0.2, 0.25) is 0 Å². The van der Waals surface area contributed by atoms with E-state index in [2.05, 4.69) is 0 Å². The molecule has 0 aliphatic rings. The van der Waals surface area contributed by atoms with E-state index in [0.717, 1.165) is 0 Å². The topological polar surface area (TPSA) is 173 Å². The van der Waals surface area contributed by atoms with Crippen LogP contribution in [-0.4, -0.2) is 35.5 Å². The van der Waals surface area contributed by atoms with E-state index in [-0.39, 0.29) is 6.08 Å². The second-order valence-electron chi connectivity index (χ2n) is 2.50. The zero-order valence-electron chi connectivity index (χ0n) is 7.03. The molecule has 0 aliphatic carbocycles. The molecule has 0 rings (SSSR count). The summed E-state index contributed by atoms with van der Waals surface area (Å²) in [6.07, 6.45) is -0.985. The molecular weight excluding hydrogens is 273 g/mol. The quantitative estimate of drug-likeness (QED) is 0.366. The van der Waals surface area contributed by atoms with Crippen molar-refractivity contribution in [3.8, 4) is 0 Å². The number of hydrogen-bond acceptors (Lipinski definition) is 3. The third-order valence-electron chi connectivity index (χ3n) is 1.11. The normalized spacial score (nSPS) is 13.7. The van der Waals surface area contributed by atoms with E-state index in [4.69, 9.17) is 29.4 Å². The van der Waals surface area contributed by atoms with Crippen molar-refractivity contribution >= 4 is 22.8 Å². The molecule has 0 atom stereocenters. The lowest BCUT2D eigenvalue weighted by Crippen LogP contribution is -1.92. The van der Waals surface area contributed by atoms with Gasteiger partial charge >= 0.3 is 22.8 Å². The van der Waals surface area contributed by atoms with Crippen LogP contribution in [0.4, 0.5) is 0 Å². The SMILES string of the molecule is O=P(O)(O)CC=C(P(=O)(O)O)P(=O)(O)O. The molecule has 0 saturated heterocycles. The molecule has 90 valence electrons. The zero-order chi connectivity index (χ0) is 12.5. The maximum absolute atomic E-state index is 10.6. The third-order valence-corrected chi connectivity index (χ3v) is 4.89. The van der Waals surface area contributed by atoms with Crippen LogP contribution in [-0.2, 0) is 13.7 Å². The summed E-state index contributed by atoms with van der Waals surface area (Å²) in [5, 5.41) is -1.58. The maximum atomic E-state index is 10.6. The van der Waals surface area contributed by atoms with Crippen molar-refractivity contribution in [2.75, 3.05) is 6.16 Å². The van der Waals surface area contributed by atoms with Crippen molar-refractivity contribution in [1.82, 2.24) is 0 Å². The predicted molar refractivity (Wildman–Crippen MR) is 49.1 cm³/mol. The molecule has 0 amide bonds. The van der Waals surface area contributed by atoms with E-state index in [1.165, 1.54) is 0 Å². The molecule has 0 fully saturated rings. The molecule has 0 unspecified atom stereocenters. The van der Waals surface area contributed by atoms with Crippen LogP contribution in [0.1, 0.15) is 0 Å². The number of hydrogen-bond donors (Lipinski definition) is 6. The Balaban J connectivity index is 5.27. The van der Waals surface area contributed by atoms with Crippen molar-refractivity contribution < 1.29 is 43.1 Å². The highest BCUT2D eigenvalue weighted by Gasteiger charge is 2.36. The van der Waals surface area contributed by atoms with Crippen LogP contribution in [0, 0.1) is 0 Å². The summed E-state index contributed by atoms with van der Waals surface area (Å²) in [6.45, 7) is 0. The second kappa shape index (κ2) is 4.59. The van der Waals surface area contributed by atoms with Crippen LogP contribution in [0.2, 0.25) is 0 Å². The molecule has 0 aliphatic heterocycles. The van der Waals surface area contributed by atoms with Gasteiger partial charge in [-0.05, 0) is 6.08 Å². The average Bonchev–Trinajstić information content (AvgIpc) is 1.75. The van der Waals surface area contributed by atoms with Gasteiger partial charge in [-0.25, -0.2) is 0 Å². The van der Waals surface area contributed by atoms with Crippen LogP contribution in [0.3, 0.4) is 0 Å². The summed E-state index contributed by atoms with van der Waals surface area (Å²) < 4.78 is 31.5. The number of rotatable bonds is 4. The van der Waals surface area contributed by atoms with Crippen LogP contribution >= 0.6 is 22.8 Å². The fraction of sp³-hybridized carbons (Fsp3) is 0.333. The molecule has 0 saturated carbocycles. The molecular formula is C3H9O9P3. The molecule has 9 nitrogen and oxygen atoms in total. The highest BCUT2D eigenvalue weighted by Crippen LogP contribution is 2.64. The molecule has 12 heteroatoms. The highest BCUT2D eigenvalue weighted by atomic mass is 31.2. The molecule has 0 aromatic heterocycles. The van der Waals surface area contributed by atoms with E-state index < -0.39 is 34.0 Å². The van der Waals surface area contributed by atoms with Gasteiger partial charge in [0.1, 0.15) is 5.06 Å². The Morgan fingerprint density at radius 2 is 1.20 bits per heavy atom. The van der Waals surface area contributed by atoms with Crippen molar-refractivity contribution in [3.05, 3.63) is 11.1 Å². The fourth-order valence-electron chi connectivity index (χ4n) is 0.608. The summed E-state index contributed by atoms with van der Waals surface area (Å²) in [7, 11) is -15.1. The molecule has 0 spiro atoms. The summed E-state index contributed by atoms with van der Waals surface area (Å²) in [5.41, 5.74) is 0. The maximum Gasteiger partial charge on any atom is 0.364 e. The third kappa shape index (κ3) is 6.37. The van der Waals surface area contributed by atoms with Gasteiger partial charge in [0, 0.05) is 0 Å². The average molecular weight is 282 g/mol. The molecule has 0 aromatic carbocycles. The van der Waals surface area contributed by atoms with Gasteiger partial charge in [-0.15, -0.1) is 0 Å². The van der Waals surface area contributed by atoms with Crippen molar-refractivity contribution in [2.24, 2.45) is 0 Å². The van der Waals surface area contributed by atoms with Gasteiger partial charge in [0.25, 0.3) is 0 Å². The van der Waals surface area contributed by atoms with Crippen molar-refractivity contribution in [3.63, 3.8) is 0 Å². The predicted octanol–water partition coefficient (Wildman–Crippen LogP) is -0.639. The molecule has 6 N–H and O–H groups in total. The lowest BCUT2D eigenvalue weighted by Gasteiger charge is -2.10. The van der Waals surface area contributed by atoms with Crippen LogP contribution in [0.15, 0.2) is 11.1 Å². The summed E-state index contributed by atoms with van der Waals surface area (Å²) in [5.74, 6) is 0. The molecule has 0 radical (unpaired) electrons. The summed E-state index contributed by atoms with van der Waals surface area (Å²) >= 11 is 0. The molecule has 0 aromatic rings. The lowest BCUT2D eigenvalue weighted by atomic mass is 10.8. The lowest BCUT2D eigenvalue weighted by molar-refractivity contribution is 0.367. The van der Waals surface area contributed by atoms with Crippen LogP contribution in [0.5, 0.6) is 0 Å². The Morgan fingerprint density at radius 3 is 1.40 bits per heavy atom. The van der Waals surface area contributed by atoms with Crippen LogP contribution in [0.25, 0.3) is 0 Å². The van der Waals surface area contributed by atoms with E-state index in [9.17, 15) is 13.7 Å². The summed E-state index contributed by atoms with van der Waals surface area (Å²) in [6, 6.07) is 0. The Bertz CT molecular complexity index is 367. The zero-order valence-corrected chi connectivity index (χ0v) is 9.72. The van der Waals surface area contributed by atoms with E-state index in [1.807, 2.05) is 0 Å². The Labute approximate surface area is 83.9 Å². The minimum atomic E-state index is -5.23. The largest absolute Gasteiger partial charge is 0.364 e. The van der Waals surface area contributed by atoms with Gasteiger partial charge < -0.3 is 29.4 Å². The molecule has 0 heterocycles. The minimum absolute atomic E-state index is 0.169. The summed E-state index contributed by atoms with van der Waals surface area (Å²) in [4.78, 5) is 50.7. The van der Waals surface area contributed by atoms with Gasteiger partial charge in [-0.3, -0.25) is 13.7 Å². The van der Waals surface area contributed by atoms with Gasteiger partial charge in [-0.2, -0.15) is 0 Å². The standard InChI is InChI=1S/C3H9O9P3/c4-13(5,6)2-1-3(14(7,8)9)15(10,11)12/h1H,2H2,(H2,4,5,6)(H2,7,8,9)(H2,10,11,12).